The molecule has 2 heterocycles. The van der Waals surface area contributed by atoms with Gasteiger partial charge < -0.3 is 19.7 Å². The van der Waals surface area contributed by atoms with Crippen LogP contribution in [0.5, 0.6) is 0 Å². The molecule has 2 saturated heterocycles. The largest absolute Gasteiger partial charge is 0.445 e. The van der Waals surface area contributed by atoms with Gasteiger partial charge in [0.2, 0.25) is 0 Å². The highest BCUT2D eigenvalue weighted by atomic mass is 16.6. The van der Waals surface area contributed by atoms with Gasteiger partial charge in [0.1, 0.15) is 12.2 Å². The molecule has 0 bridgehead atoms. The minimum atomic E-state index is -0.479. The summed E-state index contributed by atoms with van der Waals surface area (Å²) >= 11 is 0. The Kier molecular flexibility index (Phi) is 7.00. The normalized spacial score (nSPS) is 21.1. The van der Waals surface area contributed by atoms with Crippen LogP contribution in [0, 0.1) is 0 Å². The second-order valence-corrected chi connectivity index (χ2v) is 8.89. The van der Waals surface area contributed by atoms with Crippen molar-refractivity contribution in [3.8, 4) is 0 Å². The Bertz CT molecular complexity index is 681. The van der Waals surface area contributed by atoms with Crippen LogP contribution in [0.2, 0.25) is 0 Å². The molecule has 1 N–H and O–H groups in total. The van der Waals surface area contributed by atoms with Gasteiger partial charge in [0.05, 0.1) is 0 Å². The van der Waals surface area contributed by atoms with Crippen LogP contribution in [0.15, 0.2) is 30.3 Å². The summed E-state index contributed by atoms with van der Waals surface area (Å²) in [7, 11) is 0. The summed E-state index contributed by atoms with van der Waals surface area (Å²) in [6.07, 6.45) is 2.18. The van der Waals surface area contributed by atoms with E-state index in [-0.39, 0.29) is 18.2 Å². The van der Waals surface area contributed by atoms with Crippen molar-refractivity contribution in [2.75, 3.05) is 26.2 Å². The lowest BCUT2D eigenvalue weighted by atomic mass is 10.0. The third-order valence-corrected chi connectivity index (χ3v) is 5.39. The Morgan fingerprint density at radius 2 is 1.76 bits per heavy atom. The molecule has 2 fully saturated rings. The van der Waals surface area contributed by atoms with Gasteiger partial charge in [0.15, 0.2) is 0 Å². The maximum atomic E-state index is 12.4. The van der Waals surface area contributed by atoms with Gasteiger partial charge in [-0.2, -0.15) is 0 Å². The molecule has 0 radical (unpaired) electrons. The molecule has 1 aromatic rings. The molecule has 160 valence electrons. The minimum Gasteiger partial charge on any atom is -0.445 e. The number of carbonyl (C=O) groups excluding carboxylic acids is 2. The first-order valence-corrected chi connectivity index (χ1v) is 10.5. The molecule has 0 aromatic heterocycles. The zero-order chi connectivity index (χ0) is 20.9. The van der Waals surface area contributed by atoms with E-state index in [0.717, 1.165) is 44.5 Å². The quantitative estimate of drug-likeness (QED) is 0.834. The lowest BCUT2D eigenvalue weighted by Gasteiger charge is -2.36. The van der Waals surface area contributed by atoms with Crippen molar-refractivity contribution in [3.63, 3.8) is 0 Å². The third-order valence-electron chi connectivity index (χ3n) is 5.39. The van der Waals surface area contributed by atoms with E-state index in [9.17, 15) is 9.59 Å². The van der Waals surface area contributed by atoms with Crippen LogP contribution in [-0.2, 0) is 16.1 Å². The Balaban J connectivity index is 1.37. The summed E-state index contributed by atoms with van der Waals surface area (Å²) in [4.78, 5) is 28.5. The van der Waals surface area contributed by atoms with E-state index >= 15 is 0 Å². The van der Waals surface area contributed by atoms with Crippen LogP contribution in [0.25, 0.3) is 0 Å². The third kappa shape index (κ3) is 6.63. The fourth-order valence-electron chi connectivity index (χ4n) is 3.90. The van der Waals surface area contributed by atoms with Crippen molar-refractivity contribution in [2.24, 2.45) is 0 Å². The zero-order valence-electron chi connectivity index (χ0n) is 17.7. The van der Waals surface area contributed by atoms with Crippen LogP contribution in [0.1, 0.15) is 45.6 Å². The molecule has 2 amide bonds. The second kappa shape index (κ2) is 9.48. The number of amides is 2. The summed E-state index contributed by atoms with van der Waals surface area (Å²) < 4.78 is 10.8. The van der Waals surface area contributed by atoms with Crippen molar-refractivity contribution in [3.05, 3.63) is 35.9 Å². The molecule has 29 heavy (non-hydrogen) atoms. The van der Waals surface area contributed by atoms with Crippen molar-refractivity contribution in [1.29, 1.82) is 0 Å². The number of likely N-dealkylation sites (tertiary alicyclic amines) is 2. The van der Waals surface area contributed by atoms with Gasteiger partial charge in [0.25, 0.3) is 0 Å². The van der Waals surface area contributed by atoms with Crippen molar-refractivity contribution < 1.29 is 19.1 Å². The van der Waals surface area contributed by atoms with E-state index in [1.165, 1.54) is 0 Å². The number of nitrogens with zero attached hydrogens (tertiary/aromatic N) is 2. The summed E-state index contributed by atoms with van der Waals surface area (Å²) in [5, 5.41) is 2.97. The second-order valence-electron chi connectivity index (χ2n) is 8.89. The van der Waals surface area contributed by atoms with E-state index < -0.39 is 5.60 Å². The van der Waals surface area contributed by atoms with Crippen LogP contribution in [-0.4, -0.2) is 65.9 Å². The first kappa shape index (κ1) is 21.4. The SMILES string of the molecule is CC(C)(C)OC(=O)NC1CCN([C@@H]2CCN(C(=O)OCc3ccccc3)C2)CC1. The summed E-state index contributed by atoms with van der Waals surface area (Å²) in [5.41, 5.74) is 0.517. The van der Waals surface area contributed by atoms with Crippen LogP contribution < -0.4 is 5.32 Å². The number of piperidine rings is 1. The highest BCUT2D eigenvalue weighted by Gasteiger charge is 2.33. The van der Waals surface area contributed by atoms with Crippen LogP contribution in [0.3, 0.4) is 0 Å². The maximum absolute atomic E-state index is 12.4. The molecule has 0 spiro atoms. The highest BCUT2D eigenvalue weighted by Crippen LogP contribution is 2.21. The predicted octanol–water partition coefficient (Wildman–Crippen LogP) is 3.39. The lowest BCUT2D eigenvalue weighted by molar-refractivity contribution is 0.0467. The number of ether oxygens (including phenoxy) is 2. The van der Waals surface area contributed by atoms with E-state index in [0.29, 0.717) is 19.2 Å². The summed E-state index contributed by atoms with van der Waals surface area (Å²) in [5.74, 6) is 0. The Labute approximate surface area is 173 Å². The summed E-state index contributed by atoms with van der Waals surface area (Å²) in [6.45, 7) is 9.18. The molecule has 2 aliphatic rings. The van der Waals surface area contributed by atoms with Crippen LogP contribution >= 0.6 is 0 Å². The summed E-state index contributed by atoms with van der Waals surface area (Å²) in [6, 6.07) is 10.2. The first-order valence-electron chi connectivity index (χ1n) is 10.5. The van der Waals surface area contributed by atoms with Gasteiger partial charge in [0, 0.05) is 38.3 Å². The van der Waals surface area contributed by atoms with Gasteiger partial charge in [-0.05, 0) is 45.6 Å². The van der Waals surface area contributed by atoms with Gasteiger partial charge >= 0.3 is 12.2 Å². The number of rotatable bonds is 4. The Morgan fingerprint density at radius 3 is 2.41 bits per heavy atom. The maximum Gasteiger partial charge on any atom is 0.410 e. The monoisotopic (exact) mass is 403 g/mol. The smallest absolute Gasteiger partial charge is 0.410 e. The average Bonchev–Trinajstić information content (AvgIpc) is 3.16. The average molecular weight is 404 g/mol. The van der Waals surface area contributed by atoms with Crippen molar-refractivity contribution in [2.45, 2.75) is 64.3 Å². The van der Waals surface area contributed by atoms with Gasteiger partial charge in [-0.25, -0.2) is 9.59 Å². The topological polar surface area (TPSA) is 71.1 Å². The number of hydrogen-bond donors (Lipinski definition) is 1. The van der Waals surface area contributed by atoms with Gasteiger partial charge in [-0.15, -0.1) is 0 Å². The minimum absolute atomic E-state index is 0.148. The molecule has 0 unspecified atom stereocenters. The molecule has 7 heteroatoms. The predicted molar refractivity (Wildman–Crippen MR) is 111 cm³/mol. The van der Waals surface area contributed by atoms with Gasteiger partial charge in [-0.3, -0.25) is 4.90 Å². The zero-order valence-corrected chi connectivity index (χ0v) is 17.7. The van der Waals surface area contributed by atoms with E-state index in [4.69, 9.17) is 9.47 Å². The van der Waals surface area contributed by atoms with Gasteiger partial charge in [-0.1, -0.05) is 30.3 Å². The molecular weight excluding hydrogens is 370 g/mol. The first-order chi connectivity index (χ1) is 13.8. The molecule has 0 saturated carbocycles. The Morgan fingerprint density at radius 1 is 1.07 bits per heavy atom. The number of nitrogens with one attached hydrogen (secondary N) is 1. The number of benzene rings is 1. The fraction of sp³-hybridized carbons (Fsp3) is 0.636. The molecule has 0 aliphatic carbocycles. The fourth-order valence-corrected chi connectivity index (χ4v) is 3.90. The van der Waals surface area contributed by atoms with E-state index in [1.54, 1.807) is 4.90 Å². The number of carbonyl (C=O) groups is 2. The molecule has 2 aliphatic heterocycles. The Hall–Kier alpha value is -2.28. The molecule has 1 aromatic carbocycles. The highest BCUT2D eigenvalue weighted by molar-refractivity contribution is 5.68. The molecule has 3 rings (SSSR count). The molecule has 7 nitrogen and oxygen atoms in total. The molecule has 1 atom stereocenters. The van der Waals surface area contributed by atoms with Crippen molar-refractivity contribution in [1.82, 2.24) is 15.1 Å². The van der Waals surface area contributed by atoms with Crippen molar-refractivity contribution >= 4 is 12.2 Å². The van der Waals surface area contributed by atoms with E-state index in [1.807, 2.05) is 51.1 Å². The van der Waals surface area contributed by atoms with Crippen LogP contribution in [0.4, 0.5) is 9.59 Å². The number of alkyl carbamates (subject to hydrolysis) is 1. The lowest BCUT2D eigenvalue weighted by Crippen LogP contribution is -2.49. The number of hydrogen-bond acceptors (Lipinski definition) is 5. The van der Waals surface area contributed by atoms with E-state index in [2.05, 4.69) is 10.2 Å². The standard InChI is InChI=1S/C22H33N3O4/c1-22(2,3)29-20(26)23-18-9-12-24(13-10-18)19-11-14-25(15-19)21(27)28-16-17-7-5-4-6-8-17/h4-8,18-19H,9-16H2,1-3H3,(H,23,26)/t19-/m1/s1. The molecular formula is C22H33N3O4.